The van der Waals surface area contributed by atoms with Crippen LogP contribution in [0.1, 0.15) is 10.5 Å². The van der Waals surface area contributed by atoms with Crippen LogP contribution in [0.5, 0.6) is 5.75 Å². The number of aromatic nitrogens is 2. The Morgan fingerprint density at radius 1 is 1.07 bits per heavy atom. The van der Waals surface area contributed by atoms with Crippen molar-refractivity contribution < 1.29 is 23.8 Å². The molecule has 1 aliphatic heterocycles. The SMILES string of the molecule is O=C(OCC(=O)N1CCOCC1)c1ccc(=O)n(CCOc2ccccc2)n1. The van der Waals surface area contributed by atoms with Crippen LogP contribution in [-0.4, -0.2) is 66.1 Å². The van der Waals surface area contributed by atoms with E-state index in [4.69, 9.17) is 14.2 Å². The lowest BCUT2D eigenvalue weighted by atomic mass is 10.3. The smallest absolute Gasteiger partial charge is 0.359 e. The molecule has 3 rings (SSSR count). The van der Waals surface area contributed by atoms with E-state index in [9.17, 15) is 14.4 Å². The summed E-state index contributed by atoms with van der Waals surface area (Å²) in [4.78, 5) is 37.7. The van der Waals surface area contributed by atoms with Crippen molar-refractivity contribution in [3.05, 3.63) is 58.5 Å². The molecule has 1 aromatic heterocycles. The van der Waals surface area contributed by atoms with Gasteiger partial charge in [0.15, 0.2) is 12.3 Å². The molecule has 0 radical (unpaired) electrons. The predicted molar refractivity (Wildman–Crippen MR) is 98.1 cm³/mol. The summed E-state index contributed by atoms with van der Waals surface area (Å²) in [6, 6.07) is 11.7. The van der Waals surface area contributed by atoms with Crippen molar-refractivity contribution in [3.8, 4) is 5.75 Å². The summed E-state index contributed by atoms with van der Waals surface area (Å²) in [5.41, 5.74) is -0.410. The first-order valence-corrected chi connectivity index (χ1v) is 8.92. The van der Waals surface area contributed by atoms with Gasteiger partial charge in [-0.15, -0.1) is 0 Å². The normalized spacial score (nSPS) is 13.8. The molecule has 0 atom stereocenters. The number of rotatable bonds is 7. The van der Waals surface area contributed by atoms with Crippen LogP contribution < -0.4 is 10.3 Å². The Kier molecular flexibility index (Phi) is 6.74. The van der Waals surface area contributed by atoms with E-state index in [1.807, 2.05) is 18.2 Å². The van der Waals surface area contributed by atoms with Crippen LogP contribution in [0.3, 0.4) is 0 Å². The zero-order chi connectivity index (χ0) is 19.8. The van der Waals surface area contributed by atoms with E-state index in [0.29, 0.717) is 32.1 Å². The van der Waals surface area contributed by atoms with E-state index in [1.165, 1.54) is 12.1 Å². The molecule has 0 bridgehead atoms. The quantitative estimate of drug-likeness (QED) is 0.632. The van der Waals surface area contributed by atoms with Crippen molar-refractivity contribution in [2.75, 3.05) is 39.5 Å². The third-order valence-corrected chi connectivity index (χ3v) is 4.08. The molecule has 0 saturated carbocycles. The van der Waals surface area contributed by atoms with Crippen LogP contribution in [-0.2, 0) is 20.8 Å². The Balaban J connectivity index is 1.53. The highest BCUT2D eigenvalue weighted by Crippen LogP contribution is 2.08. The molecule has 0 aliphatic carbocycles. The third-order valence-electron chi connectivity index (χ3n) is 4.08. The summed E-state index contributed by atoms with van der Waals surface area (Å²) in [6.07, 6.45) is 0. The first-order valence-electron chi connectivity index (χ1n) is 8.92. The number of nitrogens with zero attached hydrogens (tertiary/aromatic N) is 3. The average molecular weight is 387 g/mol. The maximum atomic E-state index is 12.2. The number of ether oxygens (including phenoxy) is 3. The van der Waals surface area contributed by atoms with Gasteiger partial charge < -0.3 is 19.1 Å². The number of hydrogen-bond acceptors (Lipinski definition) is 7. The zero-order valence-electron chi connectivity index (χ0n) is 15.3. The number of esters is 1. The van der Waals surface area contributed by atoms with Gasteiger partial charge in [-0.2, -0.15) is 5.10 Å². The lowest BCUT2D eigenvalue weighted by Gasteiger charge is -2.26. The summed E-state index contributed by atoms with van der Waals surface area (Å²) < 4.78 is 16.9. The van der Waals surface area contributed by atoms with Crippen LogP contribution in [0.4, 0.5) is 0 Å². The van der Waals surface area contributed by atoms with Gasteiger partial charge in [-0.25, -0.2) is 9.48 Å². The molecule has 9 nitrogen and oxygen atoms in total. The first kappa shape index (κ1) is 19.6. The molecule has 148 valence electrons. The van der Waals surface area contributed by atoms with E-state index in [1.54, 1.807) is 17.0 Å². The third kappa shape index (κ3) is 5.40. The topological polar surface area (TPSA) is 100.0 Å². The molecular weight excluding hydrogens is 366 g/mol. The van der Waals surface area contributed by atoms with Gasteiger partial charge in [0.1, 0.15) is 12.4 Å². The highest BCUT2D eigenvalue weighted by atomic mass is 16.5. The van der Waals surface area contributed by atoms with Crippen molar-refractivity contribution in [1.29, 1.82) is 0 Å². The lowest BCUT2D eigenvalue weighted by molar-refractivity contribution is -0.138. The predicted octanol–water partition coefficient (Wildman–Crippen LogP) is 0.338. The Morgan fingerprint density at radius 3 is 2.57 bits per heavy atom. The van der Waals surface area contributed by atoms with Gasteiger partial charge in [0.2, 0.25) is 0 Å². The number of morpholine rings is 1. The number of hydrogen-bond donors (Lipinski definition) is 0. The Morgan fingerprint density at radius 2 is 1.82 bits per heavy atom. The minimum atomic E-state index is -0.765. The molecule has 28 heavy (non-hydrogen) atoms. The molecule has 1 fully saturated rings. The van der Waals surface area contributed by atoms with Gasteiger partial charge in [0.05, 0.1) is 19.8 Å². The van der Waals surface area contributed by atoms with E-state index >= 15 is 0 Å². The largest absolute Gasteiger partial charge is 0.492 e. The monoisotopic (exact) mass is 387 g/mol. The summed E-state index contributed by atoms with van der Waals surface area (Å²) >= 11 is 0. The highest BCUT2D eigenvalue weighted by molar-refractivity contribution is 5.89. The van der Waals surface area contributed by atoms with E-state index < -0.39 is 5.97 Å². The molecule has 1 aliphatic rings. The Hall–Kier alpha value is -3.20. The van der Waals surface area contributed by atoms with Crippen LogP contribution in [0.15, 0.2) is 47.3 Å². The molecule has 1 aromatic carbocycles. The fourth-order valence-electron chi connectivity index (χ4n) is 2.59. The van der Waals surface area contributed by atoms with Crippen molar-refractivity contribution in [3.63, 3.8) is 0 Å². The molecule has 0 N–H and O–H groups in total. The van der Waals surface area contributed by atoms with Gasteiger partial charge in [0.25, 0.3) is 11.5 Å². The summed E-state index contributed by atoms with van der Waals surface area (Å²) in [6.45, 7) is 1.89. The summed E-state index contributed by atoms with van der Waals surface area (Å²) in [5.74, 6) is -0.381. The fraction of sp³-hybridized carbons (Fsp3) is 0.368. The maximum absolute atomic E-state index is 12.2. The summed E-state index contributed by atoms with van der Waals surface area (Å²) in [7, 11) is 0. The van der Waals surface area contributed by atoms with Gasteiger partial charge in [-0.1, -0.05) is 18.2 Å². The summed E-state index contributed by atoms with van der Waals surface area (Å²) in [5, 5.41) is 4.00. The van der Waals surface area contributed by atoms with Gasteiger partial charge in [-0.05, 0) is 18.2 Å². The van der Waals surface area contributed by atoms with E-state index in [-0.39, 0.29) is 36.9 Å². The molecule has 2 aromatic rings. The fourth-order valence-corrected chi connectivity index (χ4v) is 2.59. The molecule has 1 amide bonds. The minimum Gasteiger partial charge on any atom is -0.492 e. The van der Waals surface area contributed by atoms with Gasteiger partial charge >= 0.3 is 5.97 Å². The van der Waals surface area contributed by atoms with Gasteiger partial charge in [-0.3, -0.25) is 9.59 Å². The highest BCUT2D eigenvalue weighted by Gasteiger charge is 2.19. The van der Waals surface area contributed by atoms with E-state index in [2.05, 4.69) is 5.10 Å². The number of benzene rings is 1. The first-order chi connectivity index (χ1) is 13.6. The van der Waals surface area contributed by atoms with Crippen LogP contribution in [0.2, 0.25) is 0 Å². The van der Waals surface area contributed by atoms with Crippen LogP contribution >= 0.6 is 0 Å². The molecule has 2 heterocycles. The molecule has 1 saturated heterocycles. The zero-order valence-corrected chi connectivity index (χ0v) is 15.3. The van der Waals surface area contributed by atoms with Crippen molar-refractivity contribution in [2.24, 2.45) is 0 Å². The molecule has 9 heteroatoms. The second kappa shape index (κ2) is 9.65. The number of para-hydroxylation sites is 1. The number of carbonyl (C=O) groups is 2. The number of carbonyl (C=O) groups excluding carboxylic acids is 2. The number of amides is 1. The van der Waals surface area contributed by atoms with Crippen LogP contribution in [0.25, 0.3) is 0 Å². The molecule has 0 unspecified atom stereocenters. The minimum absolute atomic E-state index is 0.0471. The maximum Gasteiger partial charge on any atom is 0.359 e. The van der Waals surface area contributed by atoms with Crippen molar-refractivity contribution >= 4 is 11.9 Å². The second-order valence-electron chi connectivity index (χ2n) is 6.01. The second-order valence-corrected chi connectivity index (χ2v) is 6.01. The Bertz CT molecular complexity index is 861. The Labute approximate surface area is 161 Å². The van der Waals surface area contributed by atoms with Crippen molar-refractivity contribution in [2.45, 2.75) is 6.54 Å². The standard InChI is InChI=1S/C19H21N3O6/c23-17-7-6-16(19(25)28-14-18(24)21-8-11-26-12-9-21)20-22(17)10-13-27-15-4-2-1-3-5-15/h1-7H,8-14H2. The van der Waals surface area contributed by atoms with E-state index in [0.717, 1.165) is 4.68 Å². The molecule has 0 spiro atoms. The van der Waals surface area contributed by atoms with Crippen LogP contribution in [0, 0.1) is 0 Å². The molecular formula is C19H21N3O6. The van der Waals surface area contributed by atoms with Crippen molar-refractivity contribution in [1.82, 2.24) is 14.7 Å². The van der Waals surface area contributed by atoms with Gasteiger partial charge in [0, 0.05) is 19.2 Å². The average Bonchev–Trinajstić information content (AvgIpc) is 2.74. The lowest BCUT2D eigenvalue weighted by Crippen LogP contribution is -2.42.